The fourth-order valence-electron chi connectivity index (χ4n) is 1.77. The van der Waals surface area contributed by atoms with E-state index in [2.05, 4.69) is 0 Å². The van der Waals surface area contributed by atoms with Crippen LogP contribution < -0.4 is 0 Å². The molecule has 1 atom stereocenters. The van der Waals surface area contributed by atoms with Gasteiger partial charge in [0.1, 0.15) is 12.7 Å². The Morgan fingerprint density at radius 2 is 1.88 bits per heavy atom. The third-order valence-corrected chi connectivity index (χ3v) is 2.56. The zero-order chi connectivity index (χ0) is 12.6. The summed E-state index contributed by atoms with van der Waals surface area (Å²) in [6, 6.07) is 0. The molecule has 4 nitrogen and oxygen atoms in total. The van der Waals surface area contributed by atoms with Gasteiger partial charge in [-0.05, 0) is 27.7 Å². The molecule has 94 valence electrons. The van der Waals surface area contributed by atoms with E-state index in [1.54, 1.807) is 0 Å². The highest BCUT2D eigenvalue weighted by Crippen LogP contribution is 2.35. The maximum atomic E-state index is 11.4. The van der Waals surface area contributed by atoms with Crippen LogP contribution >= 0.6 is 0 Å². The average Bonchev–Trinajstić information content (AvgIpc) is 2.29. The van der Waals surface area contributed by atoms with Crippen molar-refractivity contribution < 1.29 is 19.0 Å². The number of hydrogen-bond donors (Lipinski definition) is 0. The van der Waals surface area contributed by atoms with E-state index in [1.807, 2.05) is 41.5 Å². The molecule has 16 heavy (non-hydrogen) atoms. The molecule has 1 aliphatic heterocycles. The van der Waals surface area contributed by atoms with Gasteiger partial charge in [-0.1, -0.05) is 13.8 Å². The Morgan fingerprint density at radius 1 is 1.31 bits per heavy atom. The monoisotopic (exact) mass is 230 g/mol. The maximum Gasteiger partial charge on any atom is 0.308 e. The maximum absolute atomic E-state index is 11.4. The fraction of sp³-hybridized carbons (Fsp3) is 0.917. The lowest BCUT2D eigenvalue weighted by Gasteiger charge is -2.23. The molecular weight excluding hydrogens is 208 g/mol. The minimum atomic E-state index is -0.613. The van der Waals surface area contributed by atoms with Gasteiger partial charge in [0.2, 0.25) is 0 Å². The molecule has 0 aromatic heterocycles. The van der Waals surface area contributed by atoms with Crippen LogP contribution in [0.25, 0.3) is 0 Å². The van der Waals surface area contributed by atoms with Gasteiger partial charge >= 0.3 is 5.97 Å². The molecule has 0 saturated carbocycles. The summed E-state index contributed by atoms with van der Waals surface area (Å²) < 4.78 is 16.6. The number of esters is 1. The zero-order valence-corrected chi connectivity index (χ0v) is 11.0. The van der Waals surface area contributed by atoms with E-state index in [4.69, 9.17) is 14.2 Å². The van der Waals surface area contributed by atoms with Crippen molar-refractivity contribution in [3.05, 3.63) is 0 Å². The molecule has 1 heterocycles. The van der Waals surface area contributed by atoms with Crippen LogP contribution in [0.4, 0.5) is 0 Å². The summed E-state index contributed by atoms with van der Waals surface area (Å²) in [6.07, 6.45) is -0.217. The average molecular weight is 230 g/mol. The quantitative estimate of drug-likeness (QED) is 0.697. The third-order valence-electron chi connectivity index (χ3n) is 2.56. The van der Waals surface area contributed by atoms with Crippen LogP contribution in [0.1, 0.15) is 41.5 Å². The van der Waals surface area contributed by atoms with Gasteiger partial charge in [-0.2, -0.15) is 0 Å². The Morgan fingerprint density at radius 3 is 2.25 bits per heavy atom. The topological polar surface area (TPSA) is 44.8 Å². The smallest absolute Gasteiger partial charge is 0.308 e. The number of carbonyl (C=O) groups excluding carboxylic acids is 1. The molecule has 1 saturated heterocycles. The van der Waals surface area contributed by atoms with Gasteiger partial charge in [0, 0.05) is 0 Å². The summed E-state index contributed by atoms with van der Waals surface area (Å²) in [6.45, 7) is 11.5. The Kier molecular flexibility index (Phi) is 3.65. The summed E-state index contributed by atoms with van der Waals surface area (Å²) in [5.41, 5.74) is -0.430. The summed E-state index contributed by atoms with van der Waals surface area (Å²) >= 11 is 0. The second-order valence-electron chi connectivity index (χ2n) is 5.50. The lowest BCUT2D eigenvalue weighted by atomic mass is 10.0. The van der Waals surface area contributed by atoms with Crippen molar-refractivity contribution in [1.29, 1.82) is 0 Å². The molecule has 1 rings (SSSR count). The van der Waals surface area contributed by atoms with E-state index in [9.17, 15) is 4.79 Å². The summed E-state index contributed by atoms with van der Waals surface area (Å²) in [7, 11) is 0. The first-order valence-corrected chi connectivity index (χ1v) is 5.69. The van der Waals surface area contributed by atoms with Gasteiger partial charge in [-0.3, -0.25) is 4.79 Å². The zero-order valence-electron chi connectivity index (χ0n) is 11.0. The first-order chi connectivity index (χ1) is 7.14. The van der Waals surface area contributed by atoms with Crippen molar-refractivity contribution in [2.24, 2.45) is 5.92 Å². The standard InChI is InChI=1S/C12H22O4/c1-8(2)10(13)14-7-9-11(3,4)16-12(5,6)15-9/h8-9H,7H2,1-6H3/t9-/m0/s1. The van der Waals surface area contributed by atoms with Gasteiger partial charge in [0.05, 0.1) is 11.5 Å². The summed E-state index contributed by atoms with van der Waals surface area (Å²) in [5.74, 6) is -0.930. The van der Waals surface area contributed by atoms with Crippen molar-refractivity contribution >= 4 is 5.97 Å². The molecule has 0 unspecified atom stereocenters. The van der Waals surface area contributed by atoms with Gasteiger partial charge in [-0.25, -0.2) is 0 Å². The van der Waals surface area contributed by atoms with Crippen molar-refractivity contribution in [1.82, 2.24) is 0 Å². The SMILES string of the molecule is CC(C)C(=O)OC[C@@H]1OC(C)(C)OC1(C)C. The minimum Gasteiger partial charge on any atom is -0.463 e. The van der Waals surface area contributed by atoms with Crippen molar-refractivity contribution in [2.45, 2.75) is 59.0 Å². The summed E-state index contributed by atoms with van der Waals surface area (Å²) in [5, 5.41) is 0. The molecule has 4 heteroatoms. The molecule has 0 spiro atoms. The molecule has 1 fully saturated rings. The first kappa shape index (κ1) is 13.5. The summed E-state index contributed by atoms with van der Waals surface area (Å²) in [4.78, 5) is 11.4. The molecule has 0 aromatic rings. The molecular formula is C12H22O4. The van der Waals surface area contributed by atoms with Crippen molar-refractivity contribution in [3.8, 4) is 0 Å². The van der Waals surface area contributed by atoms with Crippen LogP contribution in [0.2, 0.25) is 0 Å². The lowest BCUT2D eigenvalue weighted by molar-refractivity contribution is -0.164. The van der Waals surface area contributed by atoms with Gasteiger partial charge in [-0.15, -0.1) is 0 Å². The van der Waals surface area contributed by atoms with Crippen molar-refractivity contribution in [2.75, 3.05) is 6.61 Å². The second-order valence-corrected chi connectivity index (χ2v) is 5.50. The van der Waals surface area contributed by atoms with Crippen LogP contribution in [-0.2, 0) is 19.0 Å². The molecule has 0 bridgehead atoms. The Hall–Kier alpha value is -0.610. The largest absolute Gasteiger partial charge is 0.463 e. The van der Waals surface area contributed by atoms with Crippen molar-refractivity contribution in [3.63, 3.8) is 0 Å². The van der Waals surface area contributed by atoms with Crippen LogP contribution in [0.3, 0.4) is 0 Å². The van der Waals surface area contributed by atoms with E-state index in [0.29, 0.717) is 0 Å². The molecule has 0 aliphatic carbocycles. The van der Waals surface area contributed by atoms with E-state index in [-0.39, 0.29) is 24.6 Å². The Balaban J connectivity index is 2.52. The molecule has 0 amide bonds. The van der Waals surface area contributed by atoms with Crippen LogP contribution in [0.15, 0.2) is 0 Å². The Bertz CT molecular complexity index is 268. The van der Waals surface area contributed by atoms with E-state index in [0.717, 1.165) is 0 Å². The Labute approximate surface area is 97.2 Å². The second kappa shape index (κ2) is 4.34. The van der Waals surface area contributed by atoms with E-state index >= 15 is 0 Å². The van der Waals surface area contributed by atoms with Crippen LogP contribution in [0.5, 0.6) is 0 Å². The molecule has 1 aliphatic rings. The highest BCUT2D eigenvalue weighted by Gasteiger charge is 2.47. The van der Waals surface area contributed by atoms with Crippen LogP contribution in [-0.4, -0.2) is 30.1 Å². The van der Waals surface area contributed by atoms with Gasteiger partial charge in [0.15, 0.2) is 5.79 Å². The molecule has 0 radical (unpaired) electrons. The fourth-order valence-corrected chi connectivity index (χ4v) is 1.77. The molecule has 0 N–H and O–H groups in total. The number of hydrogen-bond acceptors (Lipinski definition) is 4. The van der Waals surface area contributed by atoms with E-state index in [1.165, 1.54) is 0 Å². The minimum absolute atomic E-state index is 0.113. The number of ether oxygens (including phenoxy) is 3. The lowest BCUT2D eigenvalue weighted by Crippen LogP contribution is -2.37. The molecule has 0 aromatic carbocycles. The van der Waals surface area contributed by atoms with E-state index < -0.39 is 11.4 Å². The van der Waals surface area contributed by atoms with Gasteiger partial charge in [0.25, 0.3) is 0 Å². The predicted molar refractivity (Wildman–Crippen MR) is 59.9 cm³/mol. The highest BCUT2D eigenvalue weighted by molar-refractivity contribution is 5.71. The van der Waals surface area contributed by atoms with Gasteiger partial charge < -0.3 is 14.2 Å². The normalized spacial score (nSPS) is 27.1. The number of carbonyl (C=O) groups is 1. The van der Waals surface area contributed by atoms with Crippen LogP contribution in [0, 0.1) is 5.92 Å². The highest BCUT2D eigenvalue weighted by atomic mass is 16.8. The predicted octanol–water partition coefficient (Wildman–Crippen LogP) is 2.12. The third kappa shape index (κ3) is 3.19. The first-order valence-electron chi connectivity index (χ1n) is 5.69. The number of rotatable bonds is 3.